The van der Waals surface area contributed by atoms with E-state index in [9.17, 15) is 24.6 Å². The van der Waals surface area contributed by atoms with Crippen LogP contribution < -0.4 is 48.9 Å². The maximum atomic E-state index is 13.5. The Morgan fingerprint density at radius 3 is 1.05 bits per heavy atom. The summed E-state index contributed by atoms with van der Waals surface area (Å²) in [4.78, 5) is 39.7. The predicted octanol–water partition coefficient (Wildman–Crippen LogP) is 12.5. The summed E-state index contributed by atoms with van der Waals surface area (Å²) in [6.45, 7) is 35.4. The van der Waals surface area contributed by atoms with Crippen molar-refractivity contribution < 1.29 is 143 Å². The van der Waals surface area contributed by atoms with Gasteiger partial charge in [0.2, 0.25) is 11.5 Å². The number of aromatic hydroxyl groups is 2. The van der Waals surface area contributed by atoms with Crippen LogP contribution in [-0.2, 0) is 98.5 Å². The van der Waals surface area contributed by atoms with E-state index in [1.54, 1.807) is 30.3 Å². The van der Waals surface area contributed by atoms with Crippen molar-refractivity contribution in [3.8, 4) is 57.5 Å². The molecule has 4 bridgehead atoms. The lowest BCUT2D eigenvalue weighted by Gasteiger charge is -2.65. The van der Waals surface area contributed by atoms with Crippen molar-refractivity contribution in [2.45, 2.75) is 183 Å². The Morgan fingerprint density at radius 2 is 0.715 bits per heavy atom. The van der Waals surface area contributed by atoms with E-state index >= 15 is 0 Å². The molecule has 3 atom stereocenters. The van der Waals surface area contributed by atoms with Crippen molar-refractivity contribution >= 4 is 18.0 Å². The van der Waals surface area contributed by atoms with Crippen LogP contribution in [0.4, 0.5) is 4.79 Å². The molecule has 4 fully saturated rings. The molecular weight excluding hydrogens is 1600 g/mol. The van der Waals surface area contributed by atoms with E-state index in [2.05, 4.69) is 19.2 Å². The van der Waals surface area contributed by atoms with Gasteiger partial charge in [0.15, 0.2) is 34.5 Å². The summed E-state index contributed by atoms with van der Waals surface area (Å²) in [5.74, 6) is 0.458. The number of carbonyl (C=O) groups is 3. The third kappa shape index (κ3) is 41.2. The first-order valence-corrected chi connectivity index (χ1v) is 42.9. The fourth-order valence-corrected chi connectivity index (χ4v) is 15.0. The van der Waals surface area contributed by atoms with Gasteiger partial charge < -0.3 is 140 Å². The van der Waals surface area contributed by atoms with Gasteiger partial charge >= 0.3 is 18.0 Å². The van der Waals surface area contributed by atoms with E-state index in [-0.39, 0.29) is 222 Å². The van der Waals surface area contributed by atoms with E-state index in [0.29, 0.717) is 121 Å². The zero-order chi connectivity index (χ0) is 89.2. The first kappa shape index (κ1) is 103. The summed E-state index contributed by atoms with van der Waals surface area (Å²) in [6.07, 6.45) is 6.11. The molecule has 3 unspecified atom stereocenters. The largest absolute Gasteiger partial charge is 0.504 e. The van der Waals surface area contributed by atoms with Crippen LogP contribution in [0.5, 0.6) is 57.5 Å². The first-order chi connectivity index (χ1) is 58.6. The Morgan fingerprint density at radius 1 is 0.390 bits per heavy atom. The van der Waals surface area contributed by atoms with Gasteiger partial charge in [0.1, 0.15) is 83.6 Å². The molecule has 696 valence electrons. The Bertz CT molecular complexity index is 3590. The van der Waals surface area contributed by atoms with E-state index in [1.165, 1.54) is 56.7 Å². The molecule has 0 saturated heterocycles. The van der Waals surface area contributed by atoms with Crippen molar-refractivity contribution in [3.63, 3.8) is 0 Å². The molecule has 0 spiro atoms. The van der Waals surface area contributed by atoms with Gasteiger partial charge in [-0.1, -0.05) is 19.9 Å². The van der Waals surface area contributed by atoms with Crippen LogP contribution in [0, 0.1) is 16.7 Å². The van der Waals surface area contributed by atoms with Crippen molar-refractivity contribution in [3.05, 3.63) is 82.9 Å². The molecule has 4 aliphatic rings. The minimum absolute atomic E-state index is 0.0218. The number of ether oxygens (including phenoxy) is 25. The second-order valence-corrected chi connectivity index (χ2v) is 35.2. The molecule has 0 radical (unpaired) electrons. The number of phenols is 2. The minimum atomic E-state index is -1.23. The highest BCUT2D eigenvalue weighted by molar-refractivity contribution is 5.90. The predicted molar refractivity (Wildman–Crippen MR) is 456 cm³/mol. The van der Waals surface area contributed by atoms with Crippen LogP contribution >= 0.6 is 0 Å². The maximum Gasteiger partial charge on any atom is 0.407 e. The molecule has 123 heavy (non-hydrogen) atoms. The van der Waals surface area contributed by atoms with Crippen LogP contribution in [0.1, 0.15) is 169 Å². The summed E-state index contributed by atoms with van der Waals surface area (Å²) in [7, 11) is 1.27. The first-order valence-electron chi connectivity index (χ1n) is 42.9. The molecule has 32 heteroatoms. The van der Waals surface area contributed by atoms with Gasteiger partial charge in [0, 0.05) is 11.6 Å². The number of benzene rings is 4. The third-order valence-electron chi connectivity index (χ3n) is 19.2. The van der Waals surface area contributed by atoms with Crippen molar-refractivity contribution in [2.75, 3.05) is 219 Å². The number of hydrogen-bond donors (Lipinski definition) is 4. The van der Waals surface area contributed by atoms with E-state index in [1.807, 2.05) is 83.1 Å². The van der Waals surface area contributed by atoms with Gasteiger partial charge in [-0.2, -0.15) is 0 Å². The normalized spacial score (nSPS) is 17.8. The van der Waals surface area contributed by atoms with E-state index in [4.69, 9.17) is 124 Å². The van der Waals surface area contributed by atoms with Crippen LogP contribution in [0.25, 0.3) is 0 Å². The van der Waals surface area contributed by atoms with Crippen molar-refractivity contribution in [1.82, 2.24) is 5.32 Å². The van der Waals surface area contributed by atoms with Crippen LogP contribution in [0.15, 0.2) is 60.7 Å². The van der Waals surface area contributed by atoms with Gasteiger partial charge in [-0.15, -0.1) is 0 Å². The molecule has 4 saturated carbocycles. The third-order valence-corrected chi connectivity index (χ3v) is 19.2. The summed E-state index contributed by atoms with van der Waals surface area (Å²) in [6, 6.07) is 14.3. The van der Waals surface area contributed by atoms with Gasteiger partial charge in [-0.05, 0) is 204 Å². The highest BCUT2D eigenvalue weighted by atomic mass is 16.6. The number of alkyl carbamates (subject to hydrolysis) is 1. The zero-order valence-electron chi connectivity index (χ0n) is 75.6. The maximum absolute atomic E-state index is 13.5. The smallest absolute Gasteiger partial charge is 0.407 e. The van der Waals surface area contributed by atoms with Crippen LogP contribution in [-0.4, -0.2) is 275 Å². The Hall–Kier alpha value is -7.51. The number of methoxy groups -OCH3 is 1. The average molecular weight is 1740 g/mol. The number of nitrogens with two attached hydrogens (primary N) is 1. The summed E-state index contributed by atoms with van der Waals surface area (Å²) in [5.41, 5.74) is 6.62. The summed E-state index contributed by atoms with van der Waals surface area (Å²) >= 11 is 0. The van der Waals surface area contributed by atoms with E-state index < -0.39 is 29.8 Å². The average Bonchev–Trinajstić information content (AvgIpc) is 0.711. The van der Waals surface area contributed by atoms with Gasteiger partial charge in [-0.25, -0.2) is 14.4 Å². The highest BCUT2D eigenvalue weighted by Gasteiger charge is 2.61. The fourth-order valence-electron chi connectivity index (χ4n) is 15.0. The molecule has 32 nitrogen and oxygen atoms in total. The van der Waals surface area contributed by atoms with Crippen LogP contribution in [0.3, 0.4) is 0 Å². The number of hydrogen-bond acceptors (Lipinski definition) is 31. The monoisotopic (exact) mass is 1740 g/mol. The lowest BCUT2D eigenvalue weighted by molar-refractivity contribution is -0.147. The lowest BCUT2D eigenvalue weighted by Crippen LogP contribution is -2.65. The standard InChI is InChI=1S/C91H142N2O30/c1-85(2,3)120-46-34-104-22-18-100-26-38-110-75-50-66(51-76(111-39-27-101-19-23-105-35-47-121-86(4,5)6)80(75)114-42-30-108-32-44-116-83(97)79(92)69-16-17-73(94)74(95)56-69)61-118-71-54-70(82(96)99-15)55-72(57-71)119-62-67-52-77(112-40-28-102-20-24-106-36-48-122-87(7,8)9)81(78(53-67)113-41-29-103-21-25-107-37-49-123-88(10,11)12)115-43-31-109-33-45-117-84(98)93-91-60-68-58-89(13,64-91)63-90(14,59-68)65-91/h16-17,50-57,68,79,94-95H,18-49,58-65,92H2,1-15H3,(H,93,98). The van der Waals surface area contributed by atoms with Crippen molar-refractivity contribution in [1.29, 1.82) is 0 Å². The zero-order valence-corrected chi connectivity index (χ0v) is 75.6. The molecule has 0 aliphatic heterocycles. The Labute approximate surface area is 727 Å². The SMILES string of the molecule is COC(=O)c1cc(OCc2cc(OCCOCCOCCOC(C)(C)C)c(OCCOCCOC(=O)NC34CC5CC(C)(CC(C)(C5)C3)C4)c(OCCOCCOCCOC(C)(C)C)c2)cc(OCc2cc(OCCOCCOCCOC(C)(C)C)c(OCCOCCOC(=O)C(N)c3ccc(O)c(O)c3)c(OCCOCCOCCOC(C)(C)C)c2)c1. The number of carbonyl (C=O) groups excluding carboxylic acids is 3. The topological polar surface area (TPSA) is 360 Å². The Balaban J connectivity index is 1.09. The second-order valence-electron chi connectivity index (χ2n) is 35.2. The number of nitrogens with one attached hydrogen (secondary N) is 1. The molecule has 8 rings (SSSR count). The molecule has 0 heterocycles. The molecular formula is C91H142N2O30. The Kier molecular flexibility index (Phi) is 43.8. The van der Waals surface area contributed by atoms with Crippen molar-refractivity contribution in [2.24, 2.45) is 22.5 Å². The summed E-state index contributed by atoms with van der Waals surface area (Å²) in [5, 5.41) is 23.0. The second kappa shape index (κ2) is 52.6. The summed E-state index contributed by atoms with van der Waals surface area (Å²) < 4.78 is 150. The number of amides is 1. The molecule has 4 aliphatic carbocycles. The van der Waals surface area contributed by atoms with Gasteiger partial charge in [-0.3, -0.25) is 0 Å². The highest BCUT2D eigenvalue weighted by Crippen LogP contribution is 2.66. The fraction of sp³-hybridized carbons (Fsp3) is 0.703. The molecule has 1 amide bonds. The minimum Gasteiger partial charge on any atom is -0.504 e. The molecule has 4 aromatic carbocycles. The number of rotatable bonds is 64. The molecule has 5 N–H and O–H groups in total. The number of phenolic OH excluding ortho intramolecular Hbond substituents is 2. The number of esters is 2. The van der Waals surface area contributed by atoms with E-state index in [0.717, 1.165) is 19.3 Å². The quantitative estimate of drug-likeness (QED) is 0.0138. The lowest BCUT2D eigenvalue weighted by atomic mass is 9.43. The molecule has 0 aromatic heterocycles. The molecule has 4 aromatic rings. The van der Waals surface area contributed by atoms with Crippen LogP contribution in [0.2, 0.25) is 0 Å². The van der Waals surface area contributed by atoms with Gasteiger partial charge in [0.25, 0.3) is 0 Å². The van der Waals surface area contributed by atoms with Gasteiger partial charge in [0.05, 0.1) is 194 Å².